The number of hydrogen-bond acceptors (Lipinski definition) is 5. The number of methoxy groups -OCH3 is 3. The summed E-state index contributed by atoms with van der Waals surface area (Å²) in [7, 11) is 4.42. The largest absolute Gasteiger partial charge is 0.497 e. The predicted molar refractivity (Wildman–Crippen MR) is 101 cm³/mol. The van der Waals surface area contributed by atoms with Gasteiger partial charge in [0.25, 0.3) is 0 Å². The van der Waals surface area contributed by atoms with Crippen molar-refractivity contribution in [2.45, 2.75) is 19.3 Å². The molecular formula is C20H23NO6. The Morgan fingerprint density at radius 1 is 1.04 bits per heavy atom. The minimum absolute atomic E-state index is 0.00819. The third-order valence-corrected chi connectivity index (χ3v) is 4.18. The summed E-state index contributed by atoms with van der Waals surface area (Å²) in [6.07, 6.45) is 0.217. The first-order valence-electron chi connectivity index (χ1n) is 8.32. The maximum atomic E-state index is 12.5. The summed E-state index contributed by atoms with van der Waals surface area (Å²) in [5.74, 6) is -0.174. The van der Waals surface area contributed by atoms with Crippen LogP contribution in [0.1, 0.15) is 35.2 Å². The highest BCUT2D eigenvalue weighted by Crippen LogP contribution is 2.37. The maximum absolute atomic E-state index is 12.5. The molecule has 1 unspecified atom stereocenters. The normalized spacial score (nSPS) is 11.4. The van der Waals surface area contributed by atoms with Crippen molar-refractivity contribution in [1.29, 1.82) is 0 Å². The van der Waals surface area contributed by atoms with E-state index in [-0.39, 0.29) is 41.0 Å². The Morgan fingerprint density at radius 3 is 2.22 bits per heavy atom. The van der Waals surface area contributed by atoms with Gasteiger partial charge >= 0.3 is 5.97 Å². The van der Waals surface area contributed by atoms with Crippen LogP contribution >= 0.6 is 0 Å². The number of anilines is 1. The van der Waals surface area contributed by atoms with Gasteiger partial charge in [-0.2, -0.15) is 0 Å². The van der Waals surface area contributed by atoms with E-state index in [1.807, 2.05) is 31.2 Å². The zero-order chi connectivity index (χ0) is 20.0. The zero-order valence-electron chi connectivity index (χ0n) is 15.7. The van der Waals surface area contributed by atoms with Crippen molar-refractivity contribution >= 4 is 17.6 Å². The predicted octanol–water partition coefficient (Wildman–Crippen LogP) is 3.54. The van der Waals surface area contributed by atoms with Crippen LogP contribution in [0.2, 0.25) is 0 Å². The number of carbonyl (C=O) groups excluding carboxylic acids is 1. The summed E-state index contributed by atoms with van der Waals surface area (Å²) in [6, 6.07) is 10.2. The minimum Gasteiger partial charge on any atom is -0.497 e. The molecule has 0 aromatic heterocycles. The summed E-state index contributed by atoms with van der Waals surface area (Å²) < 4.78 is 15.6. The Hall–Kier alpha value is -3.22. The summed E-state index contributed by atoms with van der Waals surface area (Å²) in [5.41, 5.74) is 1.24. The molecular weight excluding hydrogens is 350 g/mol. The summed E-state index contributed by atoms with van der Waals surface area (Å²) in [4.78, 5) is 23.8. The van der Waals surface area contributed by atoms with Crippen LogP contribution in [-0.4, -0.2) is 38.3 Å². The van der Waals surface area contributed by atoms with Crippen molar-refractivity contribution < 1.29 is 28.9 Å². The van der Waals surface area contributed by atoms with Crippen LogP contribution in [0, 0.1) is 0 Å². The summed E-state index contributed by atoms with van der Waals surface area (Å²) >= 11 is 0. The highest BCUT2D eigenvalue weighted by molar-refractivity contribution is 5.97. The fraction of sp³-hybridized carbons (Fsp3) is 0.300. The van der Waals surface area contributed by atoms with Crippen LogP contribution in [0.5, 0.6) is 17.2 Å². The lowest BCUT2D eigenvalue weighted by molar-refractivity contribution is -0.116. The Labute approximate surface area is 157 Å². The summed E-state index contributed by atoms with van der Waals surface area (Å²) in [5, 5.41) is 12.0. The van der Waals surface area contributed by atoms with Crippen LogP contribution in [-0.2, 0) is 4.79 Å². The van der Waals surface area contributed by atoms with Crippen molar-refractivity contribution in [3.8, 4) is 17.2 Å². The molecule has 0 heterocycles. The fourth-order valence-electron chi connectivity index (χ4n) is 2.71. The van der Waals surface area contributed by atoms with Crippen LogP contribution < -0.4 is 19.5 Å². The van der Waals surface area contributed by atoms with Crippen LogP contribution in [0.4, 0.5) is 5.69 Å². The second-order valence-electron chi connectivity index (χ2n) is 5.99. The topological polar surface area (TPSA) is 94.1 Å². The van der Waals surface area contributed by atoms with E-state index in [0.717, 1.165) is 11.3 Å². The molecule has 2 rings (SSSR count). The van der Waals surface area contributed by atoms with E-state index < -0.39 is 5.97 Å². The molecule has 2 aromatic carbocycles. The Morgan fingerprint density at radius 2 is 1.70 bits per heavy atom. The lowest BCUT2D eigenvalue weighted by atomic mass is 9.97. The highest BCUT2D eigenvalue weighted by atomic mass is 16.5. The molecule has 2 aromatic rings. The van der Waals surface area contributed by atoms with Crippen molar-refractivity contribution in [2.75, 3.05) is 26.6 Å². The van der Waals surface area contributed by atoms with E-state index in [0.29, 0.717) is 0 Å². The van der Waals surface area contributed by atoms with Gasteiger partial charge in [-0.1, -0.05) is 19.1 Å². The number of carboxylic acids is 1. The van der Waals surface area contributed by atoms with Crippen LogP contribution in [0.3, 0.4) is 0 Å². The quantitative estimate of drug-likeness (QED) is 0.735. The van der Waals surface area contributed by atoms with Gasteiger partial charge in [0.15, 0.2) is 11.5 Å². The second kappa shape index (κ2) is 8.93. The molecule has 0 aliphatic heterocycles. The molecule has 0 spiro atoms. The number of aromatic carboxylic acids is 1. The SMILES string of the molecule is COc1ccc(C(C)CC(=O)Nc2cc(C(=O)O)cc(OC)c2OC)cc1. The number of ether oxygens (including phenoxy) is 3. The molecule has 7 nitrogen and oxygen atoms in total. The minimum atomic E-state index is -1.13. The molecule has 0 saturated carbocycles. The highest BCUT2D eigenvalue weighted by Gasteiger charge is 2.19. The van der Waals surface area contributed by atoms with Crippen molar-refractivity contribution in [2.24, 2.45) is 0 Å². The average molecular weight is 373 g/mol. The average Bonchev–Trinajstić information content (AvgIpc) is 2.67. The van der Waals surface area contributed by atoms with Gasteiger partial charge in [-0.25, -0.2) is 4.79 Å². The van der Waals surface area contributed by atoms with E-state index in [4.69, 9.17) is 14.2 Å². The van der Waals surface area contributed by atoms with E-state index in [9.17, 15) is 14.7 Å². The molecule has 144 valence electrons. The second-order valence-corrected chi connectivity index (χ2v) is 5.99. The van der Waals surface area contributed by atoms with Gasteiger partial charge in [0.2, 0.25) is 5.91 Å². The number of benzene rings is 2. The van der Waals surface area contributed by atoms with Gasteiger partial charge in [-0.15, -0.1) is 0 Å². The van der Waals surface area contributed by atoms with Crippen molar-refractivity contribution in [1.82, 2.24) is 0 Å². The Balaban J connectivity index is 2.18. The third kappa shape index (κ3) is 4.91. The first-order valence-corrected chi connectivity index (χ1v) is 8.32. The van der Waals surface area contributed by atoms with Gasteiger partial charge in [-0.3, -0.25) is 4.79 Å². The maximum Gasteiger partial charge on any atom is 0.335 e. The summed E-state index contributed by atoms with van der Waals surface area (Å²) in [6.45, 7) is 1.94. The molecule has 0 aliphatic rings. The number of carbonyl (C=O) groups is 2. The number of carboxylic acid groups (broad SMARTS) is 1. The van der Waals surface area contributed by atoms with Gasteiger partial charge in [0.05, 0.1) is 32.6 Å². The third-order valence-electron chi connectivity index (χ3n) is 4.18. The fourth-order valence-corrected chi connectivity index (χ4v) is 2.71. The molecule has 1 amide bonds. The van der Waals surface area contributed by atoms with Crippen LogP contribution in [0.15, 0.2) is 36.4 Å². The zero-order valence-corrected chi connectivity index (χ0v) is 15.7. The van der Waals surface area contributed by atoms with Gasteiger partial charge in [0.1, 0.15) is 5.75 Å². The van der Waals surface area contributed by atoms with E-state index in [2.05, 4.69) is 5.32 Å². The van der Waals surface area contributed by atoms with E-state index in [1.54, 1.807) is 7.11 Å². The first kappa shape index (κ1) is 20.1. The van der Waals surface area contributed by atoms with Crippen molar-refractivity contribution in [3.63, 3.8) is 0 Å². The molecule has 0 radical (unpaired) electrons. The van der Waals surface area contributed by atoms with Gasteiger partial charge in [-0.05, 0) is 35.7 Å². The molecule has 0 bridgehead atoms. The van der Waals surface area contributed by atoms with E-state index in [1.165, 1.54) is 26.4 Å². The first-order chi connectivity index (χ1) is 12.9. The molecule has 0 fully saturated rings. The number of hydrogen-bond donors (Lipinski definition) is 2. The van der Waals surface area contributed by atoms with E-state index >= 15 is 0 Å². The molecule has 0 aliphatic carbocycles. The number of amides is 1. The van der Waals surface area contributed by atoms with Crippen molar-refractivity contribution in [3.05, 3.63) is 47.5 Å². The molecule has 2 N–H and O–H groups in total. The molecule has 1 atom stereocenters. The Bertz CT molecular complexity index is 816. The molecule has 27 heavy (non-hydrogen) atoms. The van der Waals surface area contributed by atoms with Crippen LogP contribution in [0.25, 0.3) is 0 Å². The number of nitrogens with one attached hydrogen (secondary N) is 1. The Kier molecular flexibility index (Phi) is 6.65. The number of rotatable bonds is 8. The monoisotopic (exact) mass is 373 g/mol. The lowest BCUT2D eigenvalue weighted by Crippen LogP contribution is -2.16. The molecule has 7 heteroatoms. The molecule has 0 saturated heterocycles. The smallest absolute Gasteiger partial charge is 0.335 e. The standard InChI is InChI=1S/C20H23NO6/c1-12(13-5-7-15(25-2)8-6-13)9-18(22)21-16-10-14(20(23)24)11-17(26-3)19(16)27-4/h5-8,10-12H,9H2,1-4H3,(H,21,22)(H,23,24). The van der Waals surface area contributed by atoms with Gasteiger partial charge in [0, 0.05) is 6.42 Å². The lowest BCUT2D eigenvalue weighted by Gasteiger charge is -2.16. The van der Waals surface area contributed by atoms with Gasteiger partial charge < -0.3 is 24.6 Å².